The van der Waals surface area contributed by atoms with Gasteiger partial charge in [-0.3, -0.25) is 4.57 Å². The molecule has 0 aliphatic rings. The SMILES string of the molecule is Cc1oc(=S)n(-c2ccc(Cl)cc2)c1C. The minimum absolute atomic E-state index is 0.465. The van der Waals surface area contributed by atoms with Crippen LogP contribution >= 0.6 is 23.8 Å². The Bertz CT molecular complexity index is 539. The summed E-state index contributed by atoms with van der Waals surface area (Å²) >= 11 is 11.0. The van der Waals surface area contributed by atoms with Gasteiger partial charge in [0.05, 0.1) is 5.69 Å². The van der Waals surface area contributed by atoms with E-state index in [1.54, 1.807) is 0 Å². The normalized spacial score (nSPS) is 10.6. The number of aromatic nitrogens is 1. The zero-order valence-corrected chi connectivity index (χ0v) is 10.0. The molecular formula is C11H10ClNOS. The molecule has 0 unspecified atom stereocenters. The number of oxazole rings is 1. The fourth-order valence-corrected chi connectivity index (χ4v) is 1.93. The highest BCUT2D eigenvalue weighted by molar-refractivity contribution is 7.71. The van der Waals surface area contributed by atoms with Crippen LogP contribution in [0.2, 0.25) is 5.02 Å². The first kappa shape index (κ1) is 10.5. The van der Waals surface area contributed by atoms with Crippen molar-refractivity contribution in [1.29, 1.82) is 0 Å². The van der Waals surface area contributed by atoms with Gasteiger partial charge in [-0.25, -0.2) is 0 Å². The van der Waals surface area contributed by atoms with Crippen LogP contribution in [0.1, 0.15) is 11.5 Å². The van der Waals surface area contributed by atoms with E-state index in [1.807, 2.05) is 42.7 Å². The Morgan fingerprint density at radius 2 is 1.80 bits per heavy atom. The maximum absolute atomic E-state index is 5.83. The van der Waals surface area contributed by atoms with Gasteiger partial charge in [0.25, 0.3) is 4.84 Å². The first-order chi connectivity index (χ1) is 7.09. The van der Waals surface area contributed by atoms with Crippen LogP contribution in [0.3, 0.4) is 0 Å². The molecule has 0 saturated heterocycles. The molecule has 4 heteroatoms. The van der Waals surface area contributed by atoms with Crippen LogP contribution in [0.4, 0.5) is 0 Å². The molecule has 0 radical (unpaired) electrons. The quantitative estimate of drug-likeness (QED) is 0.699. The molecule has 1 aromatic heterocycles. The summed E-state index contributed by atoms with van der Waals surface area (Å²) in [5, 5.41) is 0.711. The molecule has 0 aliphatic heterocycles. The van der Waals surface area contributed by atoms with Crippen LogP contribution in [0.15, 0.2) is 28.7 Å². The van der Waals surface area contributed by atoms with E-state index in [1.165, 1.54) is 0 Å². The fraction of sp³-hybridized carbons (Fsp3) is 0.182. The summed E-state index contributed by atoms with van der Waals surface area (Å²) in [4.78, 5) is 0.465. The van der Waals surface area contributed by atoms with Crippen molar-refractivity contribution in [1.82, 2.24) is 4.57 Å². The molecule has 78 valence electrons. The van der Waals surface area contributed by atoms with Crippen molar-refractivity contribution >= 4 is 23.8 Å². The van der Waals surface area contributed by atoms with Crippen molar-refractivity contribution in [3.63, 3.8) is 0 Å². The summed E-state index contributed by atoms with van der Waals surface area (Å²) < 4.78 is 7.26. The molecule has 0 atom stereocenters. The molecule has 1 aromatic carbocycles. The number of hydrogen-bond acceptors (Lipinski definition) is 2. The Morgan fingerprint density at radius 1 is 1.20 bits per heavy atom. The van der Waals surface area contributed by atoms with Gasteiger partial charge in [0.2, 0.25) is 0 Å². The second kappa shape index (κ2) is 3.83. The van der Waals surface area contributed by atoms with E-state index in [4.69, 9.17) is 28.2 Å². The maximum atomic E-state index is 5.83. The number of nitrogens with zero attached hydrogens (tertiary/aromatic N) is 1. The maximum Gasteiger partial charge on any atom is 0.273 e. The van der Waals surface area contributed by atoms with Gasteiger partial charge >= 0.3 is 0 Å². The van der Waals surface area contributed by atoms with E-state index in [0.29, 0.717) is 9.86 Å². The van der Waals surface area contributed by atoms with Crippen molar-refractivity contribution in [2.75, 3.05) is 0 Å². The fourth-order valence-electron chi connectivity index (χ4n) is 1.43. The van der Waals surface area contributed by atoms with Gasteiger partial charge in [0, 0.05) is 10.7 Å². The lowest BCUT2D eigenvalue weighted by molar-refractivity contribution is 0.503. The summed E-state index contributed by atoms with van der Waals surface area (Å²) in [7, 11) is 0. The molecule has 1 heterocycles. The molecule has 2 aromatic rings. The van der Waals surface area contributed by atoms with Crippen LogP contribution in [-0.2, 0) is 0 Å². The first-order valence-corrected chi connectivity index (χ1v) is 5.33. The topological polar surface area (TPSA) is 18.1 Å². The highest BCUT2D eigenvalue weighted by Gasteiger charge is 2.07. The summed E-state index contributed by atoms with van der Waals surface area (Å²) in [5.41, 5.74) is 1.99. The molecule has 0 aliphatic carbocycles. The van der Waals surface area contributed by atoms with Crippen LogP contribution in [-0.4, -0.2) is 4.57 Å². The third kappa shape index (κ3) is 1.85. The predicted molar refractivity (Wildman–Crippen MR) is 63.4 cm³/mol. The van der Waals surface area contributed by atoms with Crippen LogP contribution in [0.25, 0.3) is 5.69 Å². The lowest BCUT2D eigenvalue weighted by Crippen LogP contribution is -1.96. The van der Waals surface area contributed by atoms with Gasteiger partial charge in [-0.2, -0.15) is 0 Å². The number of hydrogen-bond donors (Lipinski definition) is 0. The highest BCUT2D eigenvalue weighted by Crippen LogP contribution is 2.19. The Kier molecular flexibility index (Phi) is 2.67. The summed E-state index contributed by atoms with van der Waals surface area (Å²) in [6.45, 7) is 3.88. The number of halogens is 1. The summed E-state index contributed by atoms with van der Waals surface area (Å²) in [6, 6.07) is 7.50. The molecule has 0 bridgehead atoms. The van der Waals surface area contributed by atoms with Gasteiger partial charge in [-0.15, -0.1) is 0 Å². The van der Waals surface area contributed by atoms with Crippen molar-refractivity contribution in [3.8, 4) is 5.69 Å². The predicted octanol–water partition coefficient (Wildman–Crippen LogP) is 4.07. The van der Waals surface area contributed by atoms with Crippen molar-refractivity contribution in [3.05, 3.63) is 45.6 Å². The second-order valence-corrected chi connectivity index (χ2v) is 4.11. The van der Waals surface area contributed by atoms with Gasteiger partial charge in [0.1, 0.15) is 5.76 Å². The van der Waals surface area contributed by atoms with Gasteiger partial charge in [0.15, 0.2) is 0 Å². The molecule has 0 amide bonds. The van der Waals surface area contributed by atoms with Gasteiger partial charge in [-0.1, -0.05) is 11.6 Å². The number of rotatable bonds is 1. The third-order valence-corrected chi connectivity index (χ3v) is 2.87. The van der Waals surface area contributed by atoms with Gasteiger partial charge in [-0.05, 0) is 50.3 Å². The van der Waals surface area contributed by atoms with E-state index in [-0.39, 0.29) is 0 Å². The van der Waals surface area contributed by atoms with E-state index in [9.17, 15) is 0 Å². The van der Waals surface area contributed by atoms with Crippen LogP contribution in [0, 0.1) is 18.7 Å². The number of benzene rings is 1. The Balaban J connectivity index is 2.64. The largest absolute Gasteiger partial charge is 0.434 e. The molecule has 0 spiro atoms. The smallest absolute Gasteiger partial charge is 0.273 e. The lowest BCUT2D eigenvalue weighted by atomic mass is 10.3. The molecule has 0 saturated carbocycles. The van der Waals surface area contributed by atoms with Crippen molar-refractivity contribution in [2.24, 2.45) is 0 Å². The Hall–Kier alpha value is -1.06. The minimum atomic E-state index is 0.465. The monoisotopic (exact) mass is 239 g/mol. The molecule has 0 N–H and O–H groups in total. The molecule has 15 heavy (non-hydrogen) atoms. The van der Waals surface area contributed by atoms with Crippen LogP contribution < -0.4 is 0 Å². The average Bonchev–Trinajstić information content (AvgIpc) is 2.44. The molecular weight excluding hydrogens is 230 g/mol. The zero-order valence-electron chi connectivity index (χ0n) is 8.45. The molecule has 0 fully saturated rings. The van der Waals surface area contributed by atoms with Gasteiger partial charge < -0.3 is 4.42 Å². The first-order valence-electron chi connectivity index (χ1n) is 4.54. The van der Waals surface area contributed by atoms with Crippen molar-refractivity contribution in [2.45, 2.75) is 13.8 Å². The summed E-state index contributed by atoms with van der Waals surface area (Å²) in [6.07, 6.45) is 0. The average molecular weight is 240 g/mol. The van der Waals surface area contributed by atoms with E-state index in [0.717, 1.165) is 17.1 Å². The van der Waals surface area contributed by atoms with E-state index >= 15 is 0 Å². The standard InChI is InChI=1S/C11H10ClNOS/c1-7-8(2)14-11(15)13(7)10-5-3-9(12)4-6-10/h3-6H,1-2H3. The van der Waals surface area contributed by atoms with E-state index < -0.39 is 0 Å². The molecule has 2 nitrogen and oxygen atoms in total. The minimum Gasteiger partial charge on any atom is -0.434 e. The summed E-state index contributed by atoms with van der Waals surface area (Å²) in [5.74, 6) is 0.843. The lowest BCUT2D eigenvalue weighted by Gasteiger charge is -2.03. The third-order valence-electron chi connectivity index (χ3n) is 2.35. The van der Waals surface area contributed by atoms with Crippen molar-refractivity contribution < 1.29 is 4.42 Å². The highest BCUT2D eigenvalue weighted by atomic mass is 35.5. The Morgan fingerprint density at radius 3 is 2.27 bits per heavy atom. The van der Waals surface area contributed by atoms with E-state index in [2.05, 4.69) is 0 Å². The Labute approximate surface area is 98.1 Å². The zero-order chi connectivity index (χ0) is 11.0. The van der Waals surface area contributed by atoms with Crippen LogP contribution in [0.5, 0.6) is 0 Å². The molecule has 2 rings (SSSR count). The second-order valence-electron chi connectivity index (χ2n) is 3.32. The number of aryl methyl sites for hydroxylation is 1.